The number of hydrogen-bond acceptors (Lipinski definition) is 6. The lowest BCUT2D eigenvalue weighted by Crippen LogP contribution is -2.54. The molecular formula is C25H33N5O5. The van der Waals surface area contributed by atoms with Crippen molar-refractivity contribution < 1.29 is 23.9 Å². The van der Waals surface area contributed by atoms with Gasteiger partial charge in [-0.2, -0.15) is 0 Å². The number of aryl methyl sites for hydroxylation is 1. The molecule has 188 valence electrons. The number of nitrogens with zero attached hydrogens (tertiary/aromatic N) is 1. The minimum absolute atomic E-state index is 0.251. The Kier molecular flexibility index (Phi) is 9.63. The minimum atomic E-state index is -0.949. The van der Waals surface area contributed by atoms with Crippen LogP contribution < -0.4 is 26.8 Å². The number of benzene rings is 2. The Hall–Kier alpha value is -4.08. The Morgan fingerprint density at radius 1 is 1.09 bits per heavy atom. The van der Waals surface area contributed by atoms with E-state index in [4.69, 9.17) is 16.2 Å². The second-order valence-corrected chi connectivity index (χ2v) is 8.33. The van der Waals surface area contributed by atoms with Crippen LogP contribution in [0.2, 0.25) is 0 Å². The molecule has 0 aliphatic carbocycles. The fourth-order valence-electron chi connectivity index (χ4n) is 3.53. The number of ether oxygens (including phenoxy) is 1. The van der Waals surface area contributed by atoms with E-state index in [1.807, 2.05) is 19.1 Å². The van der Waals surface area contributed by atoms with Crippen molar-refractivity contribution in [2.75, 3.05) is 24.7 Å². The second kappa shape index (κ2) is 12.4. The van der Waals surface area contributed by atoms with Gasteiger partial charge in [0.25, 0.3) is 0 Å². The number of methoxy groups -OCH3 is 1. The molecule has 0 radical (unpaired) electrons. The first-order chi connectivity index (χ1) is 16.5. The van der Waals surface area contributed by atoms with Gasteiger partial charge < -0.3 is 26.8 Å². The van der Waals surface area contributed by atoms with Gasteiger partial charge in [-0.3, -0.25) is 19.3 Å². The van der Waals surface area contributed by atoms with E-state index in [2.05, 4.69) is 10.6 Å². The van der Waals surface area contributed by atoms with Crippen molar-refractivity contribution in [1.29, 1.82) is 0 Å². The molecule has 0 saturated carbocycles. The highest BCUT2D eigenvalue weighted by molar-refractivity contribution is 6.02. The molecule has 0 heterocycles. The Labute approximate surface area is 205 Å². The molecule has 2 atom stereocenters. The number of carbonyl (C=O) groups excluding carboxylic acids is 4. The van der Waals surface area contributed by atoms with E-state index in [1.165, 1.54) is 7.11 Å². The monoisotopic (exact) mass is 483 g/mol. The van der Waals surface area contributed by atoms with Crippen LogP contribution in [0.15, 0.2) is 42.5 Å². The molecule has 2 aromatic carbocycles. The lowest BCUT2D eigenvalue weighted by atomic mass is 9.97. The Bertz CT molecular complexity index is 1070. The lowest BCUT2D eigenvalue weighted by Gasteiger charge is -2.26. The number of primary amides is 1. The van der Waals surface area contributed by atoms with Crippen molar-refractivity contribution in [3.63, 3.8) is 0 Å². The number of rotatable bonds is 10. The van der Waals surface area contributed by atoms with E-state index in [9.17, 15) is 19.2 Å². The van der Waals surface area contributed by atoms with Crippen LogP contribution in [-0.2, 0) is 20.8 Å². The fourth-order valence-corrected chi connectivity index (χ4v) is 3.53. The summed E-state index contributed by atoms with van der Waals surface area (Å²) in [6.45, 7) is 4.66. The fraction of sp³-hybridized carbons (Fsp3) is 0.360. The molecule has 6 N–H and O–H groups in total. The number of nitrogen functional groups attached to an aromatic ring is 1. The molecule has 35 heavy (non-hydrogen) atoms. The quantitative estimate of drug-likeness (QED) is 0.380. The highest BCUT2D eigenvalue weighted by Gasteiger charge is 2.30. The maximum atomic E-state index is 13.2. The molecule has 0 spiro atoms. The third-order valence-electron chi connectivity index (χ3n) is 5.41. The molecule has 2 aromatic rings. The van der Waals surface area contributed by atoms with Gasteiger partial charge in [0.05, 0.1) is 7.11 Å². The number of urea groups is 1. The summed E-state index contributed by atoms with van der Waals surface area (Å²) in [6.07, 6.45) is 0.530. The summed E-state index contributed by atoms with van der Waals surface area (Å²) in [6, 6.07) is 10.3. The van der Waals surface area contributed by atoms with E-state index in [0.717, 1.165) is 16.0 Å². The molecule has 5 amide bonds. The van der Waals surface area contributed by atoms with Gasteiger partial charge in [0.1, 0.15) is 18.3 Å². The van der Waals surface area contributed by atoms with Crippen LogP contribution in [0.1, 0.15) is 31.4 Å². The third kappa shape index (κ3) is 7.73. The summed E-state index contributed by atoms with van der Waals surface area (Å²) >= 11 is 0. The Morgan fingerprint density at radius 2 is 1.74 bits per heavy atom. The molecule has 0 aliphatic rings. The average molecular weight is 484 g/mol. The molecule has 10 heteroatoms. The van der Waals surface area contributed by atoms with Crippen molar-refractivity contribution in [3.8, 4) is 5.75 Å². The van der Waals surface area contributed by atoms with Crippen LogP contribution in [-0.4, -0.2) is 48.3 Å². The lowest BCUT2D eigenvalue weighted by molar-refractivity contribution is -0.135. The van der Waals surface area contributed by atoms with Crippen molar-refractivity contribution >= 4 is 35.1 Å². The van der Waals surface area contributed by atoms with E-state index < -0.39 is 42.3 Å². The van der Waals surface area contributed by atoms with Gasteiger partial charge in [-0.05, 0) is 55.7 Å². The Balaban J connectivity index is 2.15. The molecule has 2 unspecified atom stereocenters. The predicted octanol–water partition coefficient (Wildman–Crippen LogP) is 2.21. The number of anilines is 2. The molecule has 0 aromatic heterocycles. The normalized spacial score (nSPS) is 12.2. The average Bonchev–Trinajstić information content (AvgIpc) is 2.81. The maximum absolute atomic E-state index is 13.2. The van der Waals surface area contributed by atoms with E-state index in [0.29, 0.717) is 17.1 Å². The zero-order chi connectivity index (χ0) is 26.1. The largest absolute Gasteiger partial charge is 0.496 e. The predicted molar refractivity (Wildman–Crippen MR) is 134 cm³/mol. The van der Waals surface area contributed by atoms with Crippen molar-refractivity contribution in [2.45, 2.75) is 39.7 Å². The first kappa shape index (κ1) is 27.2. The highest BCUT2D eigenvalue weighted by Crippen LogP contribution is 2.23. The number of hydrogen-bond donors (Lipinski definition) is 4. The van der Waals surface area contributed by atoms with Gasteiger partial charge in [-0.1, -0.05) is 31.5 Å². The molecule has 10 nitrogen and oxygen atoms in total. The first-order valence-corrected chi connectivity index (χ1v) is 11.3. The highest BCUT2D eigenvalue weighted by atomic mass is 16.5. The van der Waals surface area contributed by atoms with Crippen molar-refractivity contribution in [3.05, 3.63) is 53.6 Å². The smallest absolute Gasteiger partial charge is 0.325 e. The van der Waals surface area contributed by atoms with E-state index >= 15 is 0 Å². The van der Waals surface area contributed by atoms with Gasteiger partial charge in [0.15, 0.2) is 0 Å². The molecule has 2 rings (SSSR count). The van der Waals surface area contributed by atoms with Gasteiger partial charge in [-0.25, -0.2) is 4.79 Å². The topological polar surface area (TPSA) is 157 Å². The molecule has 0 bridgehead atoms. The Morgan fingerprint density at radius 3 is 2.31 bits per heavy atom. The van der Waals surface area contributed by atoms with Crippen molar-refractivity contribution in [2.24, 2.45) is 11.7 Å². The van der Waals surface area contributed by atoms with E-state index in [-0.39, 0.29) is 12.8 Å². The summed E-state index contributed by atoms with van der Waals surface area (Å²) in [7, 11) is 1.54. The molecule has 0 fully saturated rings. The molecule has 0 aliphatic heterocycles. The van der Waals surface area contributed by atoms with Gasteiger partial charge in [0.2, 0.25) is 17.7 Å². The SMILES string of the molecule is CCC(NC(=O)N(CC(N)=O)C(=O)C(C)Cc1cc(C)ccc1OC)C(=O)Nc1ccc(N)cc1. The number of amides is 5. The van der Waals surface area contributed by atoms with Crippen LogP contribution in [0.5, 0.6) is 5.75 Å². The zero-order valence-corrected chi connectivity index (χ0v) is 20.5. The van der Waals surface area contributed by atoms with Crippen LogP contribution in [0.25, 0.3) is 0 Å². The van der Waals surface area contributed by atoms with Crippen LogP contribution >= 0.6 is 0 Å². The van der Waals surface area contributed by atoms with Gasteiger partial charge >= 0.3 is 6.03 Å². The maximum Gasteiger partial charge on any atom is 0.325 e. The summed E-state index contributed by atoms with van der Waals surface area (Å²) in [4.78, 5) is 51.2. The zero-order valence-electron chi connectivity index (χ0n) is 20.5. The van der Waals surface area contributed by atoms with Crippen LogP contribution in [0.4, 0.5) is 16.2 Å². The van der Waals surface area contributed by atoms with Crippen LogP contribution in [0, 0.1) is 12.8 Å². The van der Waals surface area contributed by atoms with Crippen LogP contribution in [0.3, 0.4) is 0 Å². The standard InChI is InChI=1S/C25H33N5O5/c1-5-20(23(32)28-19-9-7-18(26)8-10-19)29-25(34)30(14-22(27)31)24(33)16(3)13-17-12-15(2)6-11-21(17)35-4/h6-12,16,20H,5,13-14,26H2,1-4H3,(H2,27,31)(H,28,32)(H,29,34). The minimum Gasteiger partial charge on any atom is -0.496 e. The van der Waals surface area contributed by atoms with E-state index in [1.54, 1.807) is 44.2 Å². The summed E-state index contributed by atoms with van der Waals surface area (Å²) in [5.41, 5.74) is 13.8. The van der Waals surface area contributed by atoms with Gasteiger partial charge in [0, 0.05) is 17.3 Å². The summed E-state index contributed by atoms with van der Waals surface area (Å²) < 4.78 is 5.37. The number of nitrogens with two attached hydrogens (primary N) is 2. The van der Waals surface area contributed by atoms with Crippen molar-refractivity contribution in [1.82, 2.24) is 10.2 Å². The summed E-state index contributed by atoms with van der Waals surface area (Å²) in [5.74, 6) is -1.98. The third-order valence-corrected chi connectivity index (χ3v) is 5.41. The van der Waals surface area contributed by atoms with Gasteiger partial charge in [-0.15, -0.1) is 0 Å². The number of imide groups is 1. The second-order valence-electron chi connectivity index (χ2n) is 8.33. The first-order valence-electron chi connectivity index (χ1n) is 11.3. The number of nitrogens with one attached hydrogen (secondary N) is 2. The molecular weight excluding hydrogens is 450 g/mol. The molecule has 0 saturated heterocycles. The number of carbonyl (C=O) groups is 4. The summed E-state index contributed by atoms with van der Waals surface area (Å²) in [5, 5.41) is 5.22.